The highest BCUT2D eigenvalue weighted by molar-refractivity contribution is 5.71. The maximum atomic E-state index is 10.6. The van der Waals surface area contributed by atoms with Gasteiger partial charge in [0.2, 0.25) is 6.29 Å². The molecule has 3 heteroatoms. The van der Waals surface area contributed by atoms with Crippen molar-refractivity contribution in [3.8, 4) is 0 Å². The molecule has 1 N–H and O–H groups in total. The summed E-state index contributed by atoms with van der Waals surface area (Å²) in [6, 6.07) is 0. The van der Waals surface area contributed by atoms with Gasteiger partial charge in [0.05, 0.1) is 6.42 Å². The zero-order chi connectivity index (χ0) is 7.72. The van der Waals surface area contributed by atoms with Gasteiger partial charge in [0.1, 0.15) is 0 Å². The summed E-state index contributed by atoms with van der Waals surface area (Å²) in [7, 11) is 0. The number of aliphatic hydroxyl groups excluding tert-OH is 1. The molecule has 58 valence electrons. The first-order chi connectivity index (χ1) is 4.61. The summed E-state index contributed by atoms with van der Waals surface area (Å²) in [5.74, 6) is 0.0140. The molecule has 1 rings (SSSR count). The van der Waals surface area contributed by atoms with Crippen molar-refractivity contribution in [1.29, 1.82) is 0 Å². The number of carbonyl (C=O) groups excluding carboxylic acids is 1. The normalized spacial score (nSPS) is 33.0. The van der Waals surface area contributed by atoms with Crippen molar-refractivity contribution in [2.75, 3.05) is 0 Å². The Morgan fingerprint density at radius 3 is 2.50 bits per heavy atom. The maximum Gasteiger partial charge on any atom is 0.308 e. The Bertz CT molecular complexity index is 142. The van der Waals surface area contributed by atoms with E-state index in [2.05, 4.69) is 4.74 Å². The number of cyclic esters (lactones) is 1. The number of hydrogen-bond acceptors (Lipinski definition) is 3. The number of carbonyl (C=O) groups is 1. The zero-order valence-corrected chi connectivity index (χ0v) is 6.20. The number of ether oxygens (including phenoxy) is 1. The van der Waals surface area contributed by atoms with Crippen LogP contribution in [0.15, 0.2) is 0 Å². The lowest BCUT2D eigenvalue weighted by molar-refractivity contribution is -0.156. The summed E-state index contributed by atoms with van der Waals surface area (Å²) in [6.45, 7) is 3.94. The standard InChI is InChI=1S/C7H12O3/c1-4(2)5-3-6(8)10-7(5)9/h4-5,7,9H,3H2,1-2H3/t5-,7-/m1/s1. The smallest absolute Gasteiger partial charge is 0.308 e. The van der Waals surface area contributed by atoms with Crippen LogP contribution in [0.1, 0.15) is 20.3 Å². The lowest BCUT2D eigenvalue weighted by Crippen LogP contribution is -2.19. The highest BCUT2D eigenvalue weighted by Crippen LogP contribution is 2.26. The highest BCUT2D eigenvalue weighted by atomic mass is 16.6. The van der Waals surface area contributed by atoms with Gasteiger partial charge in [-0.15, -0.1) is 0 Å². The van der Waals surface area contributed by atoms with Crippen LogP contribution >= 0.6 is 0 Å². The van der Waals surface area contributed by atoms with E-state index >= 15 is 0 Å². The number of esters is 1. The molecule has 1 saturated heterocycles. The third-order valence-electron chi connectivity index (χ3n) is 1.88. The Hall–Kier alpha value is -0.570. The molecule has 0 saturated carbocycles. The van der Waals surface area contributed by atoms with Gasteiger partial charge in [0, 0.05) is 5.92 Å². The Kier molecular flexibility index (Phi) is 1.94. The van der Waals surface area contributed by atoms with Crippen LogP contribution < -0.4 is 0 Å². The summed E-state index contributed by atoms with van der Waals surface area (Å²) in [6.07, 6.45) is -0.508. The molecular formula is C7H12O3. The van der Waals surface area contributed by atoms with Crippen LogP contribution in [-0.2, 0) is 9.53 Å². The first-order valence-corrected chi connectivity index (χ1v) is 3.49. The molecule has 1 heterocycles. The molecule has 0 spiro atoms. The zero-order valence-electron chi connectivity index (χ0n) is 6.20. The molecule has 1 aliphatic rings. The van der Waals surface area contributed by atoms with E-state index in [0.29, 0.717) is 12.3 Å². The lowest BCUT2D eigenvalue weighted by atomic mass is 9.94. The average Bonchev–Trinajstić information content (AvgIpc) is 2.10. The molecule has 3 nitrogen and oxygen atoms in total. The second-order valence-corrected chi connectivity index (χ2v) is 2.99. The van der Waals surface area contributed by atoms with E-state index in [4.69, 9.17) is 5.11 Å². The van der Waals surface area contributed by atoms with E-state index in [1.165, 1.54) is 0 Å². The van der Waals surface area contributed by atoms with Gasteiger partial charge >= 0.3 is 5.97 Å². The molecule has 1 fully saturated rings. The van der Waals surface area contributed by atoms with E-state index < -0.39 is 6.29 Å². The Balaban J connectivity index is 2.54. The molecule has 0 aliphatic carbocycles. The summed E-state index contributed by atoms with van der Waals surface area (Å²) in [4.78, 5) is 10.6. The quantitative estimate of drug-likeness (QED) is 0.546. The molecule has 2 atom stereocenters. The summed E-state index contributed by atoms with van der Waals surface area (Å²) < 4.78 is 4.55. The Labute approximate surface area is 60.0 Å². The van der Waals surface area contributed by atoms with Gasteiger partial charge in [-0.25, -0.2) is 0 Å². The molecule has 0 amide bonds. The fraction of sp³-hybridized carbons (Fsp3) is 0.857. The monoisotopic (exact) mass is 144 g/mol. The van der Waals surface area contributed by atoms with Crippen molar-refractivity contribution in [1.82, 2.24) is 0 Å². The molecular weight excluding hydrogens is 132 g/mol. The van der Waals surface area contributed by atoms with Crippen LogP contribution in [0.5, 0.6) is 0 Å². The van der Waals surface area contributed by atoms with E-state index in [0.717, 1.165) is 0 Å². The first-order valence-electron chi connectivity index (χ1n) is 3.49. The predicted molar refractivity (Wildman–Crippen MR) is 35.0 cm³/mol. The number of hydrogen-bond donors (Lipinski definition) is 1. The van der Waals surface area contributed by atoms with Crippen LogP contribution in [0.4, 0.5) is 0 Å². The molecule has 0 radical (unpaired) electrons. The van der Waals surface area contributed by atoms with Gasteiger partial charge in [-0.05, 0) is 5.92 Å². The fourth-order valence-electron chi connectivity index (χ4n) is 1.13. The van der Waals surface area contributed by atoms with Crippen molar-refractivity contribution in [2.45, 2.75) is 26.6 Å². The summed E-state index contributed by atoms with van der Waals surface area (Å²) in [5, 5.41) is 9.09. The topological polar surface area (TPSA) is 46.5 Å². The van der Waals surface area contributed by atoms with Crippen LogP contribution in [-0.4, -0.2) is 17.4 Å². The number of aliphatic hydroxyl groups is 1. The third-order valence-corrected chi connectivity index (χ3v) is 1.88. The summed E-state index contributed by atoms with van der Waals surface area (Å²) in [5.41, 5.74) is 0. The van der Waals surface area contributed by atoms with Gasteiger partial charge in [0.25, 0.3) is 0 Å². The minimum atomic E-state index is -0.868. The van der Waals surface area contributed by atoms with E-state index in [1.54, 1.807) is 0 Å². The second kappa shape index (κ2) is 2.58. The van der Waals surface area contributed by atoms with Crippen LogP contribution in [0.3, 0.4) is 0 Å². The number of rotatable bonds is 1. The van der Waals surface area contributed by atoms with Crippen molar-refractivity contribution in [3.63, 3.8) is 0 Å². The largest absolute Gasteiger partial charge is 0.436 e. The minimum Gasteiger partial charge on any atom is -0.436 e. The van der Waals surface area contributed by atoms with E-state index in [-0.39, 0.29) is 11.9 Å². The Morgan fingerprint density at radius 2 is 2.30 bits per heavy atom. The van der Waals surface area contributed by atoms with E-state index in [9.17, 15) is 4.79 Å². The van der Waals surface area contributed by atoms with E-state index in [1.807, 2.05) is 13.8 Å². The summed E-state index contributed by atoms with van der Waals surface area (Å²) >= 11 is 0. The van der Waals surface area contributed by atoms with Crippen molar-refractivity contribution < 1.29 is 14.6 Å². The van der Waals surface area contributed by atoms with Crippen LogP contribution in [0.25, 0.3) is 0 Å². The van der Waals surface area contributed by atoms with Gasteiger partial charge in [-0.2, -0.15) is 0 Å². The molecule has 0 aromatic rings. The van der Waals surface area contributed by atoms with Crippen LogP contribution in [0.2, 0.25) is 0 Å². The molecule has 0 aromatic carbocycles. The van der Waals surface area contributed by atoms with Crippen molar-refractivity contribution in [2.24, 2.45) is 11.8 Å². The Morgan fingerprint density at radius 1 is 1.70 bits per heavy atom. The first kappa shape index (κ1) is 7.54. The second-order valence-electron chi connectivity index (χ2n) is 2.99. The minimum absolute atomic E-state index is 0.00694. The third kappa shape index (κ3) is 1.29. The van der Waals surface area contributed by atoms with Crippen LogP contribution in [0, 0.1) is 11.8 Å². The SMILES string of the molecule is CC(C)[C@H]1CC(=O)O[C@H]1O. The van der Waals surface area contributed by atoms with Crippen molar-refractivity contribution in [3.05, 3.63) is 0 Å². The molecule has 1 aliphatic heterocycles. The highest BCUT2D eigenvalue weighted by Gasteiger charge is 2.34. The average molecular weight is 144 g/mol. The molecule has 0 aromatic heterocycles. The van der Waals surface area contributed by atoms with Gasteiger partial charge < -0.3 is 9.84 Å². The fourth-order valence-corrected chi connectivity index (χ4v) is 1.13. The lowest BCUT2D eigenvalue weighted by Gasteiger charge is -2.14. The van der Waals surface area contributed by atoms with Gasteiger partial charge in [-0.1, -0.05) is 13.8 Å². The van der Waals surface area contributed by atoms with Gasteiger partial charge in [0.15, 0.2) is 0 Å². The predicted octanol–water partition coefficient (Wildman–Crippen LogP) is 0.524. The van der Waals surface area contributed by atoms with Gasteiger partial charge in [-0.3, -0.25) is 4.79 Å². The molecule has 0 unspecified atom stereocenters. The molecule has 10 heavy (non-hydrogen) atoms. The maximum absolute atomic E-state index is 10.6. The van der Waals surface area contributed by atoms with Crippen molar-refractivity contribution >= 4 is 5.97 Å². The molecule has 0 bridgehead atoms.